The molecule has 3 aliphatic rings. The van der Waals surface area contributed by atoms with Gasteiger partial charge >= 0.3 is 18.2 Å². The van der Waals surface area contributed by atoms with Gasteiger partial charge in [-0.15, -0.1) is 0 Å². The Balaban J connectivity index is 1.29. The number of esters is 1. The van der Waals surface area contributed by atoms with Crippen molar-refractivity contribution in [3.05, 3.63) is 64.2 Å². The molecule has 1 unspecified atom stereocenters. The first-order chi connectivity index (χ1) is 22.3. The minimum atomic E-state index is -4.55. The first-order valence-electron chi connectivity index (χ1n) is 16.7. The molecule has 0 aliphatic heterocycles. The SMILES string of the molecule is C/C(=N\OCc1ccc(OCC2CC2)c(C(F)(F)F)c1)c1ccc2c(c1)CCC2N(CC1(C(=O)OC(C)(C)C)CC1)C(=O)OC(C)(C)C. The number of carbonyl (C=O) groups is 2. The van der Waals surface area contributed by atoms with Gasteiger partial charge in [-0.2, -0.15) is 13.2 Å². The quantitative estimate of drug-likeness (QED) is 0.135. The molecule has 5 rings (SSSR count). The Morgan fingerprint density at radius 3 is 2.23 bits per heavy atom. The maximum absolute atomic E-state index is 13.7. The molecule has 0 heterocycles. The Morgan fingerprint density at radius 1 is 0.938 bits per heavy atom. The number of amides is 1. The van der Waals surface area contributed by atoms with Gasteiger partial charge in [-0.1, -0.05) is 23.4 Å². The molecule has 2 aromatic carbocycles. The molecule has 0 bridgehead atoms. The van der Waals surface area contributed by atoms with Crippen LogP contribution in [0.15, 0.2) is 41.6 Å². The standard InChI is InChI=1S/C37H47F3N2O6/c1-23(41-46-21-25-10-15-31(45-20-24-8-9-24)29(18-25)37(38,39)40)26-11-13-28-27(19-26)12-14-30(28)42(33(44)48-35(5,6)7)22-36(16-17-36)32(43)47-34(2,3)4/h10-11,13,15,18-19,24,30H,8-9,12,14,16-17,20-22H2,1-7H3/b41-23+. The highest BCUT2D eigenvalue weighted by Crippen LogP contribution is 2.50. The van der Waals surface area contributed by atoms with E-state index >= 15 is 0 Å². The molecule has 1 amide bonds. The van der Waals surface area contributed by atoms with Gasteiger partial charge in [0, 0.05) is 6.54 Å². The predicted molar refractivity (Wildman–Crippen MR) is 175 cm³/mol. The molecular formula is C37H47F3N2O6. The van der Waals surface area contributed by atoms with E-state index in [0.717, 1.165) is 35.6 Å². The van der Waals surface area contributed by atoms with Gasteiger partial charge in [-0.05, 0) is 133 Å². The van der Waals surface area contributed by atoms with Crippen LogP contribution in [0.4, 0.5) is 18.0 Å². The third-order valence-electron chi connectivity index (χ3n) is 8.72. The van der Waals surface area contributed by atoms with Crippen LogP contribution in [-0.2, 0) is 38.3 Å². The zero-order valence-corrected chi connectivity index (χ0v) is 29.0. The summed E-state index contributed by atoms with van der Waals surface area (Å²) in [5.41, 5.74) is 0.784. The molecule has 2 fully saturated rings. The fraction of sp³-hybridized carbons (Fsp3) is 0.595. The molecule has 0 saturated heterocycles. The van der Waals surface area contributed by atoms with E-state index in [9.17, 15) is 22.8 Å². The van der Waals surface area contributed by atoms with E-state index in [1.165, 1.54) is 6.07 Å². The van der Waals surface area contributed by atoms with E-state index in [0.29, 0.717) is 42.9 Å². The van der Waals surface area contributed by atoms with Crippen molar-refractivity contribution in [2.45, 2.75) is 117 Å². The van der Waals surface area contributed by atoms with Crippen LogP contribution in [0.3, 0.4) is 0 Å². The number of fused-ring (bicyclic) bond motifs is 1. The van der Waals surface area contributed by atoms with Gasteiger partial charge < -0.3 is 19.0 Å². The number of oxime groups is 1. The maximum Gasteiger partial charge on any atom is 0.419 e. The summed E-state index contributed by atoms with van der Waals surface area (Å²) in [6, 6.07) is 9.52. The molecule has 11 heteroatoms. The molecule has 0 aromatic heterocycles. The van der Waals surface area contributed by atoms with Crippen LogP contribution in [0.1, 0.15) is 114 Å². The molecule has 1 atom stereocenters. The van der Waals surface area contributed by atoms with Gasteiger partial charge in [0.2, 0.25) is 0 Å². The van der Waals surface area contributed by atoms with E-state index in [2.05, 4.69) is 5.16 Å². The Morgan fingerprint density at radius 2 is 1.62 bits per heavy atom. The average molecular weight is 673 g/mol. The molecule has 48 heavy (non-hydrogen) atoms. The number of carbonyl (C=O) groups excluding carboxylic acids is 2. The number of halogens is 3. The zero-order chi connectivity index (χ0) is 35.1. The van der Waals surface area contributed by atoms with Crippen molar-refractivity contribution in [2.75, 3.05) is 13.2 Å². The lowest BCUT2D eigenvalue weighted by molar-refractivity contribution is -0.162. The molecule has 0 spiro atoms. The van der Waals surface area contributed by atoms with Gasteiger partial charge in [0.05, 0.1) is 29.3 Å². The molecule has 0 N–H and O–H groups in total. The zero-order valence-electron chi connectivity index (χ0n) is 29.0. The van der Waals surface area contributed by atoms with E-state index < -0.39 is 34.5 Å². The molecule has 0 radical (unpaired) electrons. The average Bonchev–Trinajstić information content (AvgIpc) is 3.91. The summed E-state index contributed by atoms with van der Waals surface area (Å²) in [5, 5.41) is 4.19. The van der Waals surface area contributed by atoms with Gasteiger partial charge in [0.25, 0.3) is 0 Å². The first-order valence-corrected chi connectivity index (χ1v) is 16.7. The molecule has 8 nitrogen and oxygen atoms in total. The Labute approximate surface area is 280 Å². The summed E-state index contributed by atoms with van der Waals surface area (Å²) in [5.74, 6) is -0.132. The summed E-state index contributed by atoms with van der Waals surface area (Å²) in [6.07, 6.45) is -0.400. The van der Waals surface area contributed by atoms with E-state index in [4.69, 9.17) is 19.0 Å². The second-order valence-corrected chi connectivity index (χ2v) is 15.4. The molecule has 2 saturated carbocycles. The molecular weight excluding hydrogens is 625 g/mol. The predicted octanol–water partition coefficient (Wildman–Crippen LogP) is 8.78. The second kappa shape index (κ2) is 13.3. The van der Waals surface area contributed by atoms with Crippen molar-refractivity contribution in [3.63, 3.8) is 0 Å². The first kappa shape index (κ1) is 35.5. The lowest BCUT2D eigenvalue weighted by atomic mass is 10.00. The highest BCUT2D eigenvalue weighted by molar-refractivity contribution is 5.98. The second-order valence-electron chi connectivity index (χ2n) is 15.4. The van der Waals surface area contributed by atoms with Gasteiger partial charge in [0.15, 0.2) is 0 Å². The van der Waals surface area contributed by atoms with Gasteiger partial charge in [-0.3, -0.25) is 9.69 Å². The van der Waals surface area contributed by atoms with Crippen LogP contribution >= 0.6 is 0 Å². The number of hydrogen-bond donors (Lipinski definition) is 0. The van der Waals surface area contributed by atoms with E-state index in [-0.39, 0.29) is 37.5 Å². The van der Waals surface area contributed by atoms with Crippen LogP contribution in [0.25, 0.3) is 0 Å². The number of alkyl halides is 3. The van der Waals surface area contributed by atoms with E-state index in [1.54, 1.807) is 17.9 Å². The largest absolute Gasteiger partial charge is 0.493 e. The maximum atomic E-state index is 13.7. The van der Waals surface area contributed by atoms with Crippen LogP contribution in [0, 0.1) is 11.3 Å². The van der Waals surface area contributed by atoms with E-state index in [1.807, 2.05) is 59.7 Å². The highest BCUT2D eigenvalue weighted by atomic mass is 19.4. The van der Waals surface area contributed by atoms with Crippen molar-refractivity contribution in [1.82, 2.24) is 4.90 Å². The monoisotopic (exact) mass is 672 g/mol. The number of nitrogens with zero attached hydrogens (tertiary/aromatic N) is 2. The molecule has 262 valence electrons. The van der Waals surface area contributed by atoms with Crippen molar-refractivity contribution in [1.29, 1.82) is 0 Å². The number of hydrogen-bond acceptors (Lipinski definition) is 7. The van der Waals surface area contributed by atoms with Crippen LogP contribution in [0.5, 0.6) is 5.75 Å². The lowest BCUT2D eigenvalue weighted by Gasteiger charge is -2.35. The normalized spacial score (nSPS) is 19.0. The fourth-order valence-electron chi connectivity index (χ4n) is 5.82. The topological polar surface area (TPSA) is 86.7 Å². The van der Waals surface area contributed by atoms with Crippen molar-refractivity contribution < 1.29 is 41.8 Å². The summed E-state index contributed by atoms with van der Waals surface area (Å²) < 4.78 is 58.2. The fourth-order valence-corrected chi connectivity index (χ4v) is 5.82. The third-order valence-corrected chi connectivity index (χ3v) is 8.72. The van der Waals surface area contributed by atoms with Crippen LogP contribution in [-0.4, -0.2) is 47.0 Å². The summed E-state index contributed by atoms with van der Waals surface area (Å²) in [7, 11) is 0. The van der Waals surface area contributed by atoms with Crippen molar-refractivity contribution in [2.24, 2.45) is 16.5 Å². The van der Waals surface area contributed by atoms with Gasteiger partial charge in [-0.25, -0.2) is 4.79 Å². The number of benzene rings is 2. The summed E-state index contributed by atoms with van der Waals surface area (Å²) in [6.45, 7) is 13.1. The Bertz CT molecular complexity index is 1550. The molecule has 2 aromatic rings. The minimum Gasteiger partial charge on any atom is -0.493 e. The lowest BCUT2D eigenvalue weighted by Crippen LogP contribution is -2.44. The minimum absolute atomic E-state index is 0.138. The number of rotatable bonds is 11. The van der Waals surface area contributed by atoms with Crippen molar-refractivity contribution in [3.8, 4) is 5.75 Å². The number of aryl methyl sites for hydroxylation is 1. The van der Waals surface area contributed by atoms with Gasteiger partial charge in [0.1, 0.15) is 23.6 Å². The third kappa shape index (κ3) is 9.02. The Kier molecular flexibility index (Phi) is 9.83. The molecule has 3 aliphatic carbocycles. The van der Waals surface area contributed by atoms with Crippen molar-refractivity contribution >= 4 is 17.8 Å². The Hall–Kier alpha value is -3.76. The number of ether oxygens (including phenoxy) is 3. The highest BCUT2D eigenvalue weighted by Gasteiger charge is 2.55. The van der Waals surface area contributed by atoms with Crippen LogP contribution < -0.4 is 4.74 Å². The summed E-state index contributed by atoms with van der Waals surface area (Å²) in [4.78, 5) is 34.0. The smallest absolute Gasteiger partial charge is 0.419 e. The van der Waals surface area contributed by atoms with Crippen LogP contribution in [0.2, 0.25) is 0 Å². The summed E-state index contributed by atoms with van der Waals surface area (Å²) >= 11 is 0.